The lowest BCUT2D eigenvalue weighted by atomic mass is 10.2. The highest BCUT2D eigenvalue weighted by Gasteiger charge is 2.11. The molecule has 2 aromatic rings. The summed E-state index contributed by atoms with van der Waals surface area (Å²) in [6.07, 6.45) is 2.84. The number of benzene rings is 1. The Morgan fingerprint density at radius 1 is 1.12 bits per heavy atom. The van der Waals surface area contributed by atoms with E-state index in [2.05, 4.69) is 15.6 Å². The van der Waals surface area contributed by atoms with Gasteiger partial charge in [-0.25, -0.2) is 0 Å². The van der Waals surface area contributed by atoms with Gasteiger partial charge in [0.05, 0.1) is 11.1 Å². The zero-order valence-electron chi connectivity index (χ0n) is 13.5. The van der Waals surface area contributed by atoms with Crippen LogP contribution < -0.4 is 10.6 Å². The number of nitrogens with one attached hydrogen (secondary N) is 2. The van der Waals surface area contributed by atoms with Crippen molar-refractivity contribution in [1.29, 1.82) is 0 Å². The number of hydrogen-bond donors (Lipinski definition) is 2. The summed E-state index contributed by atoms with van der Waals surface area (Å²) >= 11 is 5.89. The van der Waals surface area contributed by atoms with Crippen molar-refractivity contribution in [1.82, 2.24) is 15.2 Å². The third kappa shape index (κ3) is 5.33. The molecule has 0 fully saturated rings. The van der Waals surface area contributed by atoms with Crippen molar-refractivity contribution in [2.75, 3.05) is 32.5 Å². The van der Waals surface area contributed by atoms with Crippen LogP contribution >= 0.6 is 11.6 Å². The number of carbonyl (C=O) groups excluding carboxylic acids is 2. The summed E-state index contributed by atoms with van der Waals surface area (Å²) in [6.45, 7) is 1.25. The molecule has 0 aliphatic rings. The highest BCUT2D eigenvalue weighted by atomic mass is 35.5. The average molecular weight is 347 g/mol. The van der Waals surface area contributed by atoms with Crippen LogP contribution in [0, 0.1) is 0 Å². The van der Waals surface area contributed by atoms with Crippen LogP contribution in [0.15, 0.2) is 42.7 Å². The molecule has 2 rings (SSSR count). The highest BCUT2D eigenvalue weighted by Crippen LogP contribution is 2.16. The third-order valence-electron chi connectivity index (χ3n) is 3.19. The fourth-order valence-electron chi connectivity index (χ4n) is 1.95. The van der Waals surface area contributed by atoms with E-state index >= 15 is 0 Å². The molecule has 7 heteroatoms. The van der Waals surface area contributed by atoms with E-state index in [0.717, 1.165) is 6.54 Å². The molecule has 0 unspecified atom stereocenters. The summed E-state index contributed by atoms with van der Waals surface area (Å²) in [5.41, 5.74) is 1.22. The second-order valence-electron chi connectivity index (χ2n) is 5.49. The molecule has 24 heavy (non-hydrogen) atoms. The standard InChI is InChI=1S/C17H19ClN4O2/c1-22(2)7-6-20-16(23)12-8-13(11-19-10-12)17(24)21-15-5-3-4-14(18)9-15/h3-5,8-11H,6-7H2,1-2H3,(H,20,23)(H,21,24). The number of anilines is 1. The molecular formula is C17H19ClN4O2. The van der Waals surface area contributed by atoms with Crippen LogP contribution in [0.3, 0.4) is 0 Å². The molecule has 0 spiro atoms. The zero-order valence-corrected chi connectivity index (χ0v) is 14.3. The van der Waals surface area contributed by atoms with Gasteiger partial charge >= 0.3 is 0 Å². The van der Waals surface area contributed by atoms with Gasteiger partial charge < -0.3 is 15.5 Å². The Labute approximate surface area is 145 Å². The van der Waals surface area contributed by atoms with Crippen LogP contribution in [0.25, 0.3) is 0 Å². The fraction of sp³-hybridized carbons (Fsp3) is 0.235. The van der Waals surface area contributed by atoms with Crippen molar-refractivity contribution in [2.24, 2.45) is 0 Å². The SMILES string of the molecule is CN(C)CCNC(=O)c1cncc(C(=O)Nc2cccc(Cl)c2)c1. The predicted molar refractivity (Wildman–Crippen MR) is 94.5 cm³/mol. The second kappa shape index (κ2) is 8.42. The number of nitrogens with zero attached hydrogens (tertiary/aromatic N) is 2. The number of hydrogen-bond acceptors (Lipinski definition) is 4. The van der Waals surface area contributed by atoms with Gasteiger partial charge in [0.25, 0.3) is 11.8 Å². The third-order valence-corrected chi connectivity index (χ3v) is 3.42. The monoisotopic (exact) mass is 346 g/mol. The van der Waals surface area contributed by atoms with E-state index < -0.39 is 0 Å². The molecule has 0 bridgehead atoms. The molecule has 2 N–H and O–H groups in total. The Balaban J connectivity index is 2.03. The maximum atomic E-state index is 12.3. The molecule has 0 saturated heterocycles. The lowest BCUT2D eigenvalue weighted by molar-refractivity contribution is 0.0950. The molecule has 1 heterocycles. The largest absolute Gasteiger partial charge is 0.351 e. The minimum Gasteiger partial charge on any atom is -0.351 e. The van der Waals surface area contributed by atoms with E-state index in [1.165, 1.54) is 18.5 Å². The van der Waals surface area contributed by atoms with Crippen LogP contribution in [0.1, 0.15) is 20.7 Å². The molecule has 1 aromatic heterocycles. The molecule has 0 atom stereocenters. The lowest BCUT2D eigenvalue weighted by Crippen LogP contribution is -2.31. The molecule has 0 aliphatic heterocycles. The molecule has 6 nitrogen and oxygen atoms in total. The molecular weight excluding hydrogens is 328 g/mol. The van der Waals surface area contributed by atoms with Crippen LogP contribution in [0.2, 0.25) is 5.02 Å². The number of pyridine rings is 1. The van der Waals surface area contributed by atoms with Crippen LogP contribution in [0.5, 0.6) is 0 Å². The van der Waals surface area contributed by atoms with E-state index in [0.29, 0.717) is 28.4 Å². The van der Waals surface area contributed by atoms with E-state index in [1.54, 1.807) is 24.3 Å². The van der Waals surface area contributed by atoms with Gasteiger partial charge in [-0.2, -0.15) is 0 Å². The number of rotatable bonds is 6. The van der Waals surface area contributed by atoms with E-state index in [1.807, 2.05) is 19.0 Å². The first-order valence-electron chi connectivity index (χ1n) is 7.40. The van der Waals surface area contributed by atoms with E-state index in [4.69, 9.17) is 11.6 Å². The van der Waals surface area contributed by atoms with Gasteiger partial charge in [0.15, 0.2) is 0 Å². The Morgan fingerprint density at radius 2 is 1.83 bits per heavy atom. The fourth-order valence-corrected chi connectivity index (χ4v) is 2.14. The summed E-state index contributed by atoms with van der Waals surface area (Å²) in [6, 6.07) is 8.35. The molecule has 0 radical (unpaired) electrons. The number of amides is 2. The van der Waals surface area contributed by atoms with Crippen molar-refractivity contribution in [3.63, 3.8) is 0 Å². The Hall–Kier alpha value is -2.44. The number of carbonyl (C=O) groups is 2. The summed E-state index contributed by atoms with van der Waals surface area (Å²) in [4.78, 5) is 30.3. The lowest BCUT2D eigenvalue weighted by Gasteiger charge is -2.11. The smallest absolute Gasteiger partial charge is 0.257 e. The van der Waals surface area contributed by atoms with Gasteiger partial charge in [-0.15, -0.1) is 0 Å². The predicted octanol–water partition coefficient (Wildman–Crippen LogP) is 2.28. The Kier molecular flexibility index (Phi) is 6.28. The van der Waals surface area contributed by atoms with Gasteiger partial charge in [0.2, 0.25) is 0 Å². The minimum atomic E-state index is -0.354. The van der Waals surface area contributed by atoms with Gasteiger partial charge in [-0.1, -0.05) is 17.7 Å². The van der Waals surface area contributed by atoms with E-state index in [-0.39, 0.29) is 11.8 Å². The van der Waals surface area contributed by atoms with Crippen molar-refractivity contribution < 1.29 is 9.59 Å². The first-order valence-corrected chi connectivity index (χ1v) is 7.78. The molecule has 1 aromatic carbocycles. The Morgan fingerprint density at radius 3 is 2.50 bits per heavy atom. The minimum absolute atomic E-state index is 0.262. The van der Waals surface area contributed by atoms with Crippen LogP contribution in [0.4, 0.5) is 5.69 Å². The van der Waals surface area contributed by atoms with Crippen LogP contribution in [-0.2, 0) is 0 Å². The molecule has 0 aliphatic carbocycles. The first-order chi connectivity index (χ1) is 11.5. The first kappa shape index (κ1) is 17.9. The maximum absolute atomic E-state index is 12.3. The normalized spacial score (nSPS) is 10.5. The van der Waals surface area contributed by atoms with Crippen molar-refractivity contribution in [2.45, 2.75) is 0 Å². The van der Waals surface area contributed by atoms with Gasteiger partial charge in [0.1, 0.15) is 0 Å². The zero-order chi connectivity index (χ0) is 17.5. The highest BCUT2D eigenvalue weighted by molar-refractivity contribution is 6.31. The summed E-state index contributed by atoms with van der Waals surface area (Å²) in [5.74, 6) is -0.616. The summed E-state index contributed by atoms with van der Waals surface area (Å²) in [7, 11) is 3.85. The maximum Gasteiger partial charge on any atom is 0.257 e. The summed E-state index contributed by atoms with van der Waals surface area (Å²) < 4.78 is 0. The summed E-state index contributed by atoms with van der Waals surface area (Å²) in [5, 5.41) is 6.03. The van der Waals surface area contributed by atoms with E-state index in [9.17, 15) is 9.59 Å². The van der Waals surface area contributed by atoms with Crippen LogP contribution in [-0.4, -0.2) is 48.9 Å². The molecule has 0 saturated carbocycles. The van der Waals surface area contributed by atoms with Crippen molar-refractivity contribution in [3.05, 3.63) is 58.9 Å². The number of aromatic nitrogens is 1. The van der Waals surface area contributed by atoms with Crippen molar-refractivity contribution in [3.8, 4) is 0 Å². The second-order valence-corrected chi connectivity index (χ2v) is 5.92. The van der Waals surface area contributed by atoms with Gasteiger partial charge in [-0.3, -0.25) is 14.6 Å². The molecule has 2 amide bonds. The molecule has 126 valence electrons. The average Bonchev–Trinajstić information content (AvgIpc) is 2.54. The topological polar surface area (TPSA) is 74.3 Å². The van der Waals surface area contributed by atoms with Gasteiger partial charge in [0, 0.05) is 36.2 Å². The van der Waals surface area contributed by atoms with Gasteiger partial charge in [-0.05, 0) is 38.4 Å². The quantitative estimate of drug-likeness (QED) is 0.841. The van der Waals surface area contributed by atoms with Crippen molar-refractivity contribution >= 4 is 29.1 Å². The number of likely N-dealkylation sites (N-methyl/N-ethyl adjacent to an activating group) is 1. The Bertz CT molecular complexity index is 734. The number of halogens is 1.